The first-order valence-corrected chi connectivity index (χ1v) is 7.33. The van der Waals surface area contributed by atoms with E-state index >= 15 is 0 Å². The second-order valence-corrected chi connectivity index (χ2v) is 4.57. The van der Waals surface area contributed by atoms with Crippen LogP contribution in [-0.4, -0.2) is 18.1 Å². The smallest absolute Gasteiger partial charge is 0.161 e. The third-order valence-electron chi connectivity index (χ3n) is 2.95. The van der Waals surface area contributed by atoms with Crippen LogP contribution < -0.4 is 14.8 Å². The number of aromatic nitrogens is 1. The summed E-state index contributed by atoms with van der Waals surface area (Å²) < 4.78 is 11.4. The molecule has 0 amide bonds. The molecule has 2 rings (SSSR count). The molecule has 1 aromatic heterocycles. The van der Waals surface area contributed by atoms with Crippen LogP contribution in [0.5, 0.6) is 11.5 Å². The predicted octanol–water partition coefficient (Wildman–Crippen LogP) is 3.17. The lowest BCUT2D eigenvalue weighted by atomic mass is 10.3. The molecular formula is C17H22N2O2. The van der Waals surface area contributed by atoms with Gasteiger partial charge in [-0.2, -0.15) is 0 Å². The highest BCUT2D eigenvalue weighted by atomic mass is 16.5. The largest absolute Gasteiger partial charge is 0.490 e. The lowest BCUT2D eigenvalue weighted by Gasteiger charge is -2.11. The molecule has 0 saturated heterocycles. The average Bonchev–Trinajstić information content (AvgIpc) is 2.53. The van der Waals surface area contributed by atoms with Crippen molar-refractivity contribution in [3.8, 4) is 11.5 Å². The summed E-state index contributed by atoms with van der Waals surface area (Å²) in [5.41, 5.74) is 1.94. The maximum atomic E-state index is 5.83. The number of para-hydroxylation sites is 2. The Morgan fingerprint density at radius 1 is 0.905 bits per heavy atom. The number of ether oxygens (including phenoxy) is 2. The van der Waals surface area contributed by atoms with Crippen molar-refractivity contribution in [3.63, 3.8) is 0 Å². The van der Waals surface area contributed by atoms with Crippen molar-refractivity contribution in [1.29, 1.82) is 0 Å². The van der Waals surface area contributed by atoms with E-state index in [0.717, 1.165) is 36.0 Å². The molecule has 1 heterocycles. The van der Waals surface area contributed by atoms with Crippen LogP contribution in [0.2, 0.25) is 0 Å². The maximum Gasteiger partial charge on any atom is 0.161 e. The van der Waals surface area contributed by atoms with Crippen molar-refractivity contribution >= 4 is 0 Å². The van der Waals surface area contributed by atoms with Crippen LogP contribution in [0.3, 0.4) is 0 Å². The van der Waals surface area contributed by atoms with Crippen LogP contribution in [0.25, 0.3) is 0 Å². The Balaban J connectivity index is 1.99. The molecule has 4 heteroatoms. The third kappa shape index (κ3) is 4.76. The third-order valence-corrected chi connectivity index (χ3v) is 2.95. The van der Waals surface area contributed by atoms with Crippen molar-refractivity contribution in [2.24, 2.45) is 0 Å². The molecule has 112 valence electrons. The van der Waals surface area contributed by atoms with Gasteiger partial charge in [0.2, 0.25) is 0 Å². The Hall–Kier alpha value is -2.07. The van der Waals surface area contributed by atoms with E-state index in [2.05, 4.69) is 17.2 Å². The van der Waals surface area contributed by atoms with Gasteiger partial charge in [0.15, 0.2) is 11.5 Å². The summed E-state index contributed by atoms with van der Waals surface area (Å²) in [6, 6.07) is 13.7. The summed E-state index contributed by atoms with van der Waals surface area (Å²) in [4.78, 5) is 4.57. The van der Waals surface area contributed by atoms with E-state index in [4.69, 9.17) is 9.47 Å². The molecule has 0 aliphatic rings. The fourth-order valence-corrected chi connectivity index (χ4v) is 1.96. The van der Waals surface area contributed by atoms with Crippen LogP contribution >= 0.6 is 0 Å². The number of rotatable bonds is 8. The molecule has 21 heavy (non-hydrogen) atoms. The molecule has 0 aliphatic heterocycles. The number of hydrogen-bond donors (Lipinski definition) is 1. The molecule has 0 radical (unpaired) electrons. The Bertz CT molecular complexity index is 558. The number of hydrogen-bond acceptors (Lipinski definition) is 4. The zero-order valence-electron chi connectivity index (χ0n) is 12.6. The maximum absolute atomic E-state index is 5.83. The lowest BCUT2D eigenvalue weighted by molar-refractivity contribution is 0.266. The van der Waals surface area contributed by atoms with Gasteiger partial charge in [-0.1, -0.05) is 25.1 Å². The molecule has 2 aromatic rings. The fourth-order valence-electron chi connectivity index (χ4n) is 1.96. The van der Waals surface area contributed by atoms with Gasteiger partial charge in [0, 0.05) is 6.54 Å². The molecule has 0 bridgehead atoms. The molecular weight excluding hydrogens is 264 g/mol. The van der Waals surface area contributed by atoms with Crippen molar-refractivity contribution in [1.82, 2.24) is 10.3 Å². The second kappa shape index (κ2) is 8.27. The van der Waals surface area contributed by atoms with Gasteiger partial charge < -0.3 is 14.8 Å². The average molecular weight is 286 g/mol. The Morgan fingerprint density at radius 3 is 2.33 bits per heavy atom. The highest BCUT2D eigenvalue weighted by Gasteiger charge is 2.05. The summed E-state index contributed by atoms with van der Waals surface area (Å²) in [5, 5.41) is 3.27. The SMILES string of the molecule is CCNCc1cccc(COc2ccccc2OCC)n1. The summed E-state index contributed by atoms with van der Waals surface area (Å²) in [7, 11) is 0. The van der Waals surface area contributed by atoms with Gasteiger partial charge in [-0.15, -0.1) is 0 Å². The molecule has 0 spiro atoms. The van der Waals surface area contributed by atoms with Gasteiger partial charge in [-0.3, -0.25) is 4.98 Å². The lowest BCUT2D eigenvalue weighted by Crippen LogP contribution is -2.13. The molecule has 1 N–H and O–H groups in total. The van der Waals surface area contributed by atoms with Gasteiger partial charge in [0.1, 0.15) is 6.61 Å². The van der Waals surface area contributed by atoms with Gasteiger partial charge in [-0.05, 0) is 37.7 Å². The van der Waals surface area contributed by atoms with Crippen molar-refractivity contribution in [3.05, 3.63) is 53.9 Å². The highest BCUT2D eigenvalue weighted by molar-refractivity contribution is 5.39. The van der Waals surface area contributed by atoms with E-state index in [1.165, 1.54) is 0 Å². The normalized spacial score (nSPS) is 10.4. The number of nitrogens with one attached hydrogen (secondary N) is 1. The molecule has 0 aliphatic carbocycles. The van der Waals surface area contributed by atoms with Gasteiger partial charge in [-0.25, -0.2) is 0 Å². The van der Waals surface area contributed by atoms with Crippen molar-refractivity contribution < 1.29 is 9.47 Å². The van der Waals surface area contributed by atoms with E-state index in [1.54, 1.807) is 0 Å². The molecule has 0 saturated carbocycles. The molecule has 1 aromatic carbocycles. The molecule has 0 atom stereocenters. The van der Waals surface area contributed by atoms with Crippen molar-refractivity contribution in [2.75, 3.05) is 13.2 Å². The first kappa shape index (κ1) is 15.3. The zero-order valence-corrected chi connectivity index (χ0v) is 12.6. The molecule has 4 nitrogen and oxygen atoms in total. The Labute approximate surface area is 126 Å². The van der Waals surface area contributed by atoms with Crippen LogP contribution in [0, 0.1) is 0 Å². The standard InChI is InChI=1S/C17H22N2O2/c1-3-18-12-14-8-7-9-15(19-14)13-21-17-11-6-5-10-16(17)20-4-2/h5-11,18H,3-4,12-13H2,1-2H3. The summed E-state index contributed by atoms with van der Waals surface area (Å²) in [5.74, 6) is 1.52. The first-order valence-electron chi connectivity index (χ1n) is 7.33. The fraction of sp³-hybridized carbons (Fsp3) is 0.353. The minimum atomic E-state index is 0.435. The summed E-state index contributed by atoms with van der Waals surface area (Å²) >= 11 is 0. The van der Waals surface area contributed by atoms with E-state index in [-0.39, 0.29) is 0 Å². The number of pyridine rings is 1. The van der Waals surface area contributed by atoms with Gasteiger partial charge >= 0.3 is 0 Å². The zero-order chi connectivity index (χ0) is 14.9. The van der Waals surface area contributed by atoms with E-state index in [9.17, 15) is 0 Å². The van der Waals surface area contributed by atoms with Crippen LogP contribution in [0.4, 0.5) is 0 Å². The Morgan fingerprint density at radius 2 is 1.62 bits per heavy atom. The molecule has 0 unspecified atom stereocenters. The second-order valence-electron chi connectivity index (χ2n) is 4.57. The molecule has 0 fully saturated rings. The van der Waals surface area contributed by atoms with E-state index < -0.39 is 0 Å². The number of benzene rings is 1. The summed E-state index contributed by atoms with van der Waals surface area (Å²) in [6.45, 7) is 6.81. The minimum Gasteiger partial charge on any atom is -0.490 e. The van der Waals surface area contributed by atoms with E-state index in [0.29, 0.717) is 13.2 Å². The Kier molecular flexibility index (Phi) is 6.03. The summed E-state index contributed by atoms with van der Waals surface area (Å²) in [6.07, 6.45) is 0. The topological polar surface area (TPSA) is 43.4 Å². The predicted molar refractivity (Wildman–Crippen MR) is 83.6 cm³/mol. The van der Waals surface area contributed by atoms with E-state index in [1.807, 2.05) is 49.4 Å². The van der Waals surface area contributed by atoms with Crippen molar-refractivity contribution in [2.45, 2.75) is 27.0 Å². The monoisotopic (exact) mass is 286 g/mol. The minimum absolute atomic E-state index is 0.435. The van der Waals surface area contributed by atoms with Crippen LogP contribution in [0.15, 0.2) is 42.5 Å². The van der Waals surface area contributed by atoms with Crippen LogP contribution in [-0.2, 0) is 13.2 Å². The highest BCUT2D eigenvalue weighted by Crippen LogP contribution is 2.26. The van der Waals surface area contributed by atoms with Crippen LogP contribution in [0.1, 0.15) is 25.2 Å². The van der Waals surface area contributed by atoms with Gasteiger partial charge in [0.05, 0.1) is 18.0 Å². The first-order chi connectivity index (χ1) is 10.3. The van der Waals surface area contributed by atoms with Gasteiger partial charge in [0.25, 0.3) is 0 Å². The number of nitrogens with zero attached hydrogens (tertiary/aromatic N) is 1. The quantitative estimate of drug-likeness (QED) is 0.809.